The van der Waals surface area contributed by atoms with Crippen molar-refractivity contribution in [2.75, 3.05) is 11.4 Å². The molecule has 0 atom stereocenters. The van der Waals surface area contributed by atoms with Crippen molar-refractivity contribution in [1.29, 1.82) is 5.26 Å². The van der Waals surface area contributed by atoms with E-state index in [9.17, 15) is 4.79 Å². The van der Waals surface area contributed by atoms with Crippen LogP contribution in [0.5, 0.6) is 0 Å². The number of amides is 1. The second-order valence-corrected chi connectivity index (χ2v) is 4.54. The van der Waals surface area contributed by atoms with Gasteiger partial charge in [-0.2, -0.15) is 5.26 Å². The molecule has 0 aromatic carbocycles. The zero-order valence-electron chi connectivity index (χ0n) is 10.2. The monoisotopic (exact) mass is 244 g/mol. The predicted molar refractivity (Wildman–Crippen MR) is 67.7 cm³/mol. The fourth-order valence-electron chi connectivity index (χ4n) is 2.47. The van der Waals surface area contributed by atoms with Crippen molar-refractivity contribution in [2.24, 2.45) is 5.73 Å². The Labute approximate surface area is 106 Å². The second-order valence-electron chi connectivity index (χ2n) is 4.54. The highest BCUT2D eigenvalue weighted by molar-refractivity contribution is 5.79. The van der Waals surface area contributed by atoms with Crippen molar-refractivity contribution in [2.45, 2.75) is 31.7 Å². The summed E-state index contributed by atoms with van der Waals surface area (Å²) in [5.41, 5.74) is 6.52. The summed E-state index contributed by atoms with van der Waals surface area (Å²) in [7, 11) is 0. The van der Waals surface area contributed by atoms with Crippen LogP contribution in [0.1, 0.15) is 31.4 Å². The normalized spacial score (nSPS) is 15.3. The Bertz CT molecular complexity index is 474. The minimum absolute atomic E-state index is 0.194. The van der Waals surface area contributed by atoms with Crippen LogP contribution >= 0.6 is 0 Å². The van der Waals surface area contributed by atoms with Crippen LogP contribution in [-0.4, -0.2) is 23.5 Å². The molecule has 0 bridgehead atoms. The van der Waals surface area contributed by atoms with Gasteiger partial charge in [-0.1, -0.05) is 12.8 Å². The van der Waals surface area contributed by atoms with Crippen LogP contribution in [0, 0.1) is 11.3 Å². The number of hydrogen-bond acceptors (Lipinski definition) is 4. The van der Waals surface area contributed by atoms with Crippen molar-refractivity contribution in [3.05, 3.63) is 24.0 Å². The molecule has 1 aromatic heterocycles. The van der Waals surface area contributed by atoms with Gasteiger partial charge in [0.15, 0.2) is 0 Å². The van der Waals surface area contributed by atoms with Crippen LogP contribution in [-0.2, 0) is 4.79 Å². The molecule has 0 saturated heterocycles. The third-order valence-corrected chi connectivity index (χ3v) is 3.28. The van der Waals surface area contributed by atoms with E-state index in [4.69, 9.17) is 11.0 Å². The van der Waals surface area contributed by atoms with Gasteiger partial charge in [-0.25, -0.2) is 4.98 Å². The number of primary amides is 1. The summed E-state index contributed by atoms with van der Waals surface area (Å²) in [6.45, 7) is 0.194. The van der Waals surface area contributed by atoms with E-state index in [2.05, 4.69) is 4.98 Å². The minimum atomic E-state index is -0.350. The molecule has 18 heavy (non-hydrogen) atoms. The molecular weight excluding hydrogens is 228 g/mol. The zero-order valence-corrected chi connectivity index (χ0v) is 10.2. The maximum Gasteiger partial charge on any atom is 0.236 e. The maximum atomic E-state index is 11.2. The van der Waals surface area contributed by atoms with Crippen LogP contribution in [0.25, 0.3) is 0 Å². The van der Waals surface area contributed by atoms with Crippen molar-refractivity contribution in [3.8, 4) is 6.07 Å². The first-order chi connectivity index (χ1) is 8.70. The van der Waals surface area contributed by atoms with Gasteiger partial charge in [-0.3, -0.25) is 4.79 Å². The molecule has 2 N–H and O–H groups in total. The van der Waals surface area contributed by atoms with Gasteiger partial charge in [0.1, 0.15) is 11.8 Å². The lowest BCUT2D eigenvalue weighted by atomic mass is 10.1. The first-order valence-electron chi connectivity index (χ1n) is 6.12. The van der Waals surface area contributed by atoms with Gasteiger partial charge < -0.3 is 10.6 Å². The smallest absolute Gasteiger partial charge is 0.236 e. The summed E-state index contributed by atoms with van der Waals surface area (Å²) in [6.07, 6.45) is 6.08. The summed E-state index contributed by atoms with van der Waals surface area (Å²) in [4.78, 5) is 17.1. The van der Waals surface area contributed by atoms with Crippen LogP contribution in [0.15, 0.2) is 18.3 Å². The molecule has 94 valence electrons. The highest BCUT2D eigenvalue weighted by Crippen LogP contribution is 2.28. The first-order valence-corrected chi connectivity index (χ1v) is 6.12. The number of carbonyl (C=O) groups excluding carboxylic acids is 1. The number of nitriles is 1. The van der Waals surface area contributed by atoms with Crippen molar-refractivity contribution in [1.82, 2.24) is 4.98 Å². The summed E-state index contributed by atoms with van der Waals surface area (Å²) in [6, 6.07) is 5.88. The third kappa shape index (κ3) is 2.77. The second kappa shape index (κ2) is 5.50. The standard InChI is InChI=1S/C13H16N4O/c14-8-10-7-12(5-6-16-10)17(9-13(15)18)11-3-1-2-4-11/h5-7,11H,1-4,9H2,(H2,15,18). The van der Waals surface area contributed by atoms with E-state index in [1.165, 1.54) is 12.8 Å². The Morgan fingerprint density at radius 3 is 2.89 bits per heavy atom. The summed E-state index contributed by atoms with van der Waals surface area (Å²) >= 11 is 0. The molecule has 1 heterocycles. The third-order valence-electron chi connectivity index (χ3n) is 3.28. The summed E-state index contributed by atoms with van der Waals surface area (Å²) < 4.78 is 0. The van der Waals surface area contributed by atoms with Crippen LogP contribution in [0.2, 0.25) is 0 Å². The van der Waals surface area contributed by atoms with E-state index in [0.29, 0.717) is 11.7 Å². The Morgan fingerprint density at radius 2 is 2.28 bits per heavy atom. The van der Waals surface area contributed by atoms with Gasteiger partial charge in [0.05, 0.1) is 6.54 Å². The summed E-state index contributed by atoms with van der Waals surface area (Å²) in [5, 5.41) is 8.87. The lowest BCUT2D eigenvalue weighted by Crippen LogP contribution is -2.40. The molecule has 0 unspecified atom stereocenters. The van der Waals surface area contributed by atoms with E-state index < -0.39 is 0 Å². The number of aromatic nitrogens is 1. The first kappa shape index (κ1) is 12.4. The Kier molecular flexibility index (Phi) is 3.78. The molecular formula is C13H16N4O. The van der Waals surface area contributed by atoms with Gasteiger partial charge in [-0.15, -0.1) is 0 Å². The largest absolute Gasteiger partial charge is 0.368 e. The minimum Gasteiger partial charge on any atom is -0.368 e. The highest BCUT2D eigenvalue weighted by Gasteiger charge is 2.24. The van der Waals surface area contributed by atoms with Gasteiger partial charge in [0.25, 0.3) is 0 Å². The molecule has 1 fully saturated rings. The SMILES string of the molecule is N#Cc1cc(N(CC(N)=O)C2CCCC2)ccn1. The Balaban J connectivity index is 2.26. The number of nitrogens with two attached hydrogens (primary N) is 1. The molecule has 2 rings (SSSR count). The van der Waals surface area contributed by atoms with E-state index in [-0.39, 0.29) is 12.5 Å². The van der Waals surface area contributed by atoms with Crippen molar-refractivity contribution in [3.63, 3.8) is 0 Å². The van der Waals surface area contributed by atoms with Gasteiger partial charge in [-0.05, 0) is 25.0 Å². The molecule has 1 aliphatic carbocycles. The topological polar surface area (TPSA) is 83.0 Å². The lowest BCUT2D eigenvalue weighted by Gasteiger charge is -2.29. The van der Waals surface area contributed by atoms with Crippen molar-refractivity contribution >= 4 is 11.6 Å². The van der Waals surface area contributed by atoms with Gasteiger partial charge in [0, 0.05) is 17.9 Å². The fourth-order valence-corrected chi connectivity index (χ4v) is 2.47. The van der Waals surface area contributed by atoms with Crippen LogP contribution < -0.4 is 10.6 Å². The Morgan fingerprint density at radius 1 is 1.56 bits per heavy atom. The Hall–Kier alpha value is -2.09. The average Bonchev–Trinajstić information content (AvgIpc) is 2.89. The number of carbonyl (C=O) groups is 1. The van der Waals surface area contributed by atoms with Gasteiger partial charge >= 0.3 is 0 Å². The van der Waals surface area contributed by atoms with E-state index in [0.717, 1.165) is 18.5 Å². The van der Waals surface area contributed by atoms with Gasteiger partial charge in [0.2, 0.25) is 5.91 Å². The zero-order chi connectivity index (χ0) is 13.0. The van der Waals surface area contributed by atoms with Crippen LogP contribution in [0.4, 0.5) is 5.69 Å². The molecule has 5 heteroatoms. The van der Waals surface area contributed by atoms with Crippen LogP contribution in [0.3, 0.4) is 0 Å². The maximum absolute atomic E-state index is 11.2. The lowest BCUT2D eigenvalue weighted by molar-refractivity contribution is -0.116. The molecule has 1 aliphatic rings. The molecule has 1 saturated carbocycles. The number of hydrogen-bond donors (Lipinski definition) is 1. The van der Waals surface area contributed by atoms with E-state index >= 15 is 0 Å². The average molecular weight is 244 g/mol. The highest BCUT2D eigenvalue weighted by atomic mass is 16.1. The molecule has 1 aromatic rings. The number of rotatable bonds is 4. The number of pyridine rings is 1. The fraction of sp³-hybridized carbons (Fsp3) is 0.462. The van der Waals surface area contributed by atoms with Crippen molar-refractivity contribution < 1.29 is 4.79 Å². The number of anilines is 1. The summed E-state index contributed by atoms with van der Waals surface area (Å²) in [5.74, 6) is -0.350. The molecule has 1 amide bonds. The molecule has 5 nitrogen and oxygen atoms in total. The predicted octanol–water partition coefficient (Wildman–Crippen LogP) is 1.19. The molecule has 0 spiro atoms. The molecule has 0 radical (unpaired) electrons. The molecule has 0 aliphatic heterocycles. The van der Waals surface area contributed by atoms with E-state index in [1.807, 2.05) is 17.0 Å². The number of nitrogens with zero attached hydrogens (tertiary/aromatic N) is 3. The quantitative estimate of drug-likeness (QED) is 0.862. The van der Waals surface area contributed by atoms with E-state index in [1.54, 1.807) is 12.3 Å².